The molecule has 2 heterocycles. The summed E-state index contributed by atoms with van der Waals surface area (Å²) in [7, 11) is 0. The second kappa shape index (κ2) is 3.40. The average molecular weight is 209 g/mol. The maximum absolute atomic E-state index is 11.0. The lowest BCUT2D eigenvalue weighted by molar-refractivity contribution is 0.102. The molecule has 0 aliphatic rings. The van der Waals surface area contributed by atoms with Gasteiger partial charge in [-0.25, -0.2) is 4.98 Å². The van der Waals surface area contributed by atoms with Gasteiger partial charge in [-0.2, -0.15) is 0 Å². The van der Waals surface area contributed by atoms with Crippen LogP contribution in [-0.2, 0) is 0 Å². The molecule has 0 bridgehead atoms. The zero-order valence-electron chi connectivity index (χ0n) is 6.98. The highest BCUT2D eigenvalue weighted by Crippen LogP contribution is 2.28. The number of rotatable bonds is 2. The van der Waals surface area contributed by atoms with E-state index < -0.39 is 0 Å². The number of thiazole rings is 1. The summed E-state index contributed by atoms with van der Waals surface area (Å²) in [6.07, 6.45) is 1.64. The van der Waals surface area contributed by atoms with Gasteiger partial charge in [-0.15, -0.1) is 22.7 Å². The van der Waals surface area contributed by atoms with Crippen molar-refractivity contribution in [3.8, 4) is 9.88 Å². The normalized spacial score (nSPS) is 10.2. The Morgan fingerprint density at radius 1 is 1.54 bits per heavy atom. The molecule has 4 heteroatoms. The van der Waals surface area contributed by atoms with Crippen molar-refractivity contribution in [1.29, 1.82) is 0 Å². The van der Waals surface area contributed by atoms with Crippen LogP contribution < -0.4 is 0 Å². The number of carbonyl (C=O) groups is 1. The molecule has 0 aromatic carbocycles. The summed E-state index contributed by atoms with van der Waals surface area (Å²) >= 11 is 3.09. The molecule has 0 radical (unpaired) electrons. The molecule has 0 atom stereocenters. The standard InChI is InChI=1S/C9H7NOS2/c1-6(11)8-5-10-9(13-8)7-3-2-4-12-7/h2-5H,1H3. The number of carbonyl (C=O) groups excluding carboxylic acids is 1. The third kappa shape index (κ3) is 1.68. The van der Waals surface area contributed by atoms with Gasteiger partial charge < -0.3 is 0 Å². The fourth-order valence-electron chi connectivity index (χ4n) is 0.951. The molecule has 0 amide bonds. The summed E-state index contributed by atoms with van der Waals surface area (Å²) in [5, 5.41) is 2.93. The van der Waals surface area contributed by atoms with Gasteiger partial charge in [0.05, 0.1) is 9.75 Å². The molecule has 0 fully saturated rings. The lowest BCUT2D eigenvalue weighted by Crippen LogP contribution is -1.83. The van der Waals surface area contributed by atoms with Gasteiger partial charge in [-0.05, 0) is 11.4 Å². The molecule has 0 saturated carbocycles. The van der Waals surface area contributed by atoms with Gasteiger partial charge in [-0.3, -0.25) is 4.79 Å². The summed E-state index contributed by atoms with van der Waals surface area (Å²) in [5.74, 6) is 0.0836. The molecular formula is C9H7NOS2. The van der Waals surface area contributed by atoms with Crippen LogP contribution in [0.5, 0.6) is 0 Å². The molecular weight excluding hydrogens is 202 g/mol. The maximum atomic E-state index is 11.0. The van der Waals surface area contributed by atoms with Crippen molar-refractivity contribution in [2.45, 2.75) is 6.92 Å². The molecule has 2 aromatic heterocycles. The molecule has 0 unspecified atom stereocenters. The minimum atomic E-state index is 0.0836. The second-order valence-electron chi connectivity index (χ2n) is 2.56. The number of hydrogen-bond acceptors (Lipinski definition) is 4. The first-order valence-corrected chi connectivity index (χ1v) is 5.47. The smallest absolute Gasteiger partial charge is 0.171 e. The van der Waals surface area contributed by atoms with E-state index in [2.05, 4.69) is 4.98 Å². The first kappa shape index (κ1) is 8.59. The topological polar surface area (TPSA) is 30.0 Å². The summed E-state index contributed by atoms with van der Waals surface area (Å²) in [5.41, 5.74) is 0. The Hall–Kier alpha value is -1.00. The largest absolute Gasteiger partial charge is 0.294 e. The maximum Gasteiger partial charge on any atom is 0.171 e. The molecule has 2 rings (SSSR count). The van der Waals surface area contributed by atoms with Crippen LogP contribution in [0.3, 0.4) is 0 Å². The van der Waals surface area contributed by atoms with Crippen LogP contribution in [0.15, 0.2) is 23.7 Å². The van der Waals surface area contributed by atoms with E-state index >= 15 is 0 Å². The van der Waals surface area contributed by atoms with Crippen LogP contribution in [0.4, 0.5) is 0 Å². The van der Waals surface area contributed by atoms with Crippen LogP contribution in [0.1, 0.15) is 16.6 Å². The molecule has 0 N–H and O–H groups in total. The van der Waals surface area contributed by atoms with E-state index in [1.807, 2.05) is 17.5 Å². The van der Waals surface area contributed by atoms with Gasteiger partial charge in [0.2, 0.25) is 0 Å². The van der Waals surface area contributed by atoms with Crippen molar-refractivity contribution < 1.29 is 4.79 Å². The van der Waals surface area contributed by atoms with Crippen LogP contribution in [0, 0.1) is 0 Å². The minimum Gasteiger partial charge on any atom is -0.294 e. The van der Waals surface area contributed by atoms with E-state index in [9.17, 15) is 4.79 Å². The fourth-order valence-corrected chi connectivity index (χ4v) is 2.57. The Labute approximate surface area is 83.9 Å². The third-order valence-electron chi connectivity index (χ3n) is 1.58. The van der Waals surface area contributed by atoms with Crippen LogP contribution >= 0.6 is 22.7 Å². The molecule has 2 nitrogen and oxygen atoms in total. The Balaban J connectivity index is 2.39. The molecule has 13 heavy (non-hydrogen) atoms. The number of Topliss-reactive ketones (excluding diaryl/α,β-unsaturated/α-hetero) is 1. The van der Waals surface area contributed by atoms with Gasteiger partial charge in [0.15, 0.2) is 5.78 Å². The second-order valence-corrected chi connectivity index (χ2v) is 4.54. The monoisotopic (exact) mass is 209 g/mol. The van der Waals surface area contributed by atoms with E-state index in [0.29, 0.717) is 0 Å². The number of nitrogens with zero attached hydrogens (tertiary/aromatic N) is 1. The number of hydrogen-bond donors (Lipinski definition) is 0. The zero-order chi connectivity index (χ0) is 9.26. The van der Waals surface area contributed by atoms with Crippen LogP contribution in [-0.4, -0.2) is 10.8 Å². The molecule has 0 saturated heterocycles. The van der Waals surface area contributed by atoms with Crippen LogP contribution in [0.25, 0.3) is 9.88 Å². The first-order chi connectivity index (χ1) is 6.27. The van der Waals surface area contributed by atoms with Gasteiger partial charge in [-0.1, -0.05) is 6.07 Å². The highest BCUT2D eigenvalue weighted by Gasteiger charge is 2.07. The average Bonchev–Trinajstić information content (AvgIpc) is 2.75. The van der Waals surface area contributed by atoms with Crippen molar-refractivity contribution in [2.75, 3.05) is 0 Å². The lowest BCUT2D eigenvalue weighted by atomic mass is 10.4. The highest BCUT2D eigenvalue weighted by atomic mass is 32.1. The Morgan fingerprint density at radius 3 is 2.92 bits per heavy atom. The van der Waals surface area contributed by atoms with E-state index in [4.69, 9.17) is 0 Å². The number of aromatic nitrogens is 1. The molecule has 66 valence electrons. The van der Waals surface area contributed by atoms with E-state index in [0.717, 1.165) is 14.8 Å². The highest BCUT2D eigenvalue weighted by molar-refractivity contribution is 7.21. The van der Waals surface area contributed by atoms with Crippen LogP contribution in [0.2, 0.25) is 0 Å². The van der Waals surface area contributed by atoms with Gasteiger partial charge >= 0.3 is 0 Å². The van der Waals surface area contributed by atoms with E-state index in [1.54, 1.807) is 24.5 Å². The van der Waals surface area contributed by atoms with Crippen molar-refractivity contribution in [3.63, 3.8) is 0 Å². The Kier molecular flexibility index (Phi) is 2.24. The summed E-state index contributed by atoms with van der Waals surface area (Å²) < 4.78 is 0. The quantitative estimate of drug-likeness (QED) is 0.711. The third-order valence-corrected chi connectivity index (χ3v) is 3.72. The molecule has 0 aliphatic heterocycles. The minimum absolute atomic E-state index is 0.0836. The molecule has 0 aliphatic carbocycles. The van der Waals surface area contributed by atoms with Gasteiger partial charge in [0.1, 0.15) is 5.01 Å². The van der Waals surface area contributed by atoms with E-state index in [-0.39, 0.29) is 5.78 Å². The van der Waals surface area contributed by atoms with Crippen molar-refractivity contribution in [2.24, 2.45) is 0 Å². The van der Waals surface area contributed by atoms with Crippen molar-refractivity contribution in [3.05, 3.63) is 28.6 Å². The lowest BCUT2D eigenvalue weighted by Gasteiger charge is -1.85. The summed E-state index contributed by atoms with van der Waals surface area (Å²) in [6.45, 7) is 1.56. The SMILES string of the molecule is CC(=O)c1cnc(-c2cccs2)s1. The zero-order valence-corrected chi connectivity index (χ0v) is 8.61. The van der Waals surface area contributed by atoms with E-state index in [1.165, 1.54) is 11.3 Å². The Bertz CT molecular complexity index is 417. The molecule has 0 spiro atoms. The van der Waals surface area contributed by atoms with Crippen molar-refractivity contribution >= 4 is 28.5 Å². The van der Waals surface area contributed by atoms with Crippen molar-refractivity contribution in [1.82, 2.24) is 4.98 Å². The predicted octanol–water partition coefficient (Wildman–Crippen LogP) is 3.07. The number of thiophene rings is 1. The van der Waals surface area contributed by atoms with Gasteiger partial charge in [0.25, 0.3) is 0 Å². The van der Waals surface area contributed by atoms with Gasteiger partial charge in [0, 0.05) is 13.1 Å². The summed E-state index contributed by atoms with van der Waals surface area (Å²) in [6, 6.07) is 3.99. The predicted molar refractivity (Wildman–Crippen MR) is 55.4 cm³/mol. The molecule has 2 aromatic rings. The number of ketones is 1. The first-order valence-electron chi connectivity index (χ1n) is 3.78. The fraction of sp³-hybridized carbons (Fsp3) is 0.111. The Morgan fingerprint density at radius 2 is 2.38 bits per heavy atom. The summed E-state index contributed by atoms with van der Waals surface area (Å²) in [4.78, 5) is 17.0.